The lowest BCUT2D eigenvalue weighted by Crippen LogP contribution is -2.47. The molecular weight excluding hydrogens is 582 g/mol. The molecule has 9 nitrogen and oxygen atoms in total. The van der Waals surface area contributed by atoms with E-state index in [1.54, 1.807) is 23.1 Å². The normalized spacial score (nSPS) is 16.9. The molecule has 1 aliphatic rings. The zero-order valence-electron chi connectivity index (χ0n) is 23.1. The topological polar surface area (TPSA) is 119 Å². The molecule has 0 spiro atoms. The number of benzene rings is 2. The molecule has 0 unspecified atom stereocenters. The summed E-state index contributed by atoms with van der Waals surface area (Å²) in [6.45, 7) is 6.09. The van der Waals surface area contributed by atoms with Gasteiger partial charge in [-0.05, 0) is 90.5 Å². The Morgan fingerprint density at radius 1 is 1.05 bits per heavy atom. The summed E-state index contributed by atoms with van der Waals surface area (Å²) in [4.78, 5) is 42.1. The van der Waals surface area contributed by atoms with Gasteiger partial charge in [0.2, 0.25) is 11.8 Å². The van der Waals surface area contributed by atoms with Crippen molar-refractivity contribution in [3.8, 4) is 11.1 Å². The van der Waals surface area contributed by atoms with Crippen molar-refractivity contribution in [2.24, 2.45) is 0 Å². The van der Waals surface area contributed by atoms with E-state index in [0.717, 1.165) is 39.4 Å². The lowest BCUT2D eigenvalue weighted by atomic mass is 9.99. The van der Waals surface area contributed by atoms with Gasteiger partial charge in [0, 0.05) is 11.4 Å². The number of nitrogens with zero attached hydrogens (tertiary/aromatic N) is 5. The van der Waals surface area contributed by atoms with Crippen LogP contribution in [0.3, 0.4) is 0 Å². The lowest BCUT2D eigenvalue weighted by molar-refractivity contribution is -0.138. The summed E-state index contributed by atoms with van der Waals surface area (Å²) in [7, 11) is 0. The highest BCUT2D eigenvalue weighted by atomic mass is 79.9. The Hall–Kier alpha value is -4.31. The van der Waals surface area contributed by atoms with Gasteiger partial charge in [-0.15, -0.1) is 0 Å². The minimum atomic E-state index is -0.597. The summed E-state index contributed by atoms with van der Waals surface area (Å²) in [6.07, 6.45) is 2.73. The smallest absolute Gasteiger partial charge is 0.248 e. The maximum absolute atomic E-state index is 14.0. The van der Waals surface area contributed by atoms with E-state index >= 15 is 0 Å². The second kappa shape index (κ2) is 10.6. The van der Waals surface area contributed by atoms with Crippen LogP contribution in [0, 0.1) is 13.8 Å². The van der Waals surface area contributed by atoms with E-state index in [9.17, 15) is 9.59 Å². The predicted octanol–water partition coefficient (Wildman–Crippen LogP) is 5.63. The molecule has 0 radical (unpaired) electrons. The molecule has 1 saturated heterocycles. The van der Waals surface area contributed by atoms with Crippen molar-refractivity contribution < 1.29 is 9.59 Å². The number of rotatable bonds is 5. The summed E-state index contributed by atoms with van der Waals surface area (Å²) in [6, 6.07) is 17.2. The van der Waals surface area contributed by atoms with Gasteiger partial charge in [0.1, 0.15) is 40.8 Å². The van der Waals surface area contributed by atoms with Crippen LogP contribution in [0.5, 0.6) is 0 Å². The van der Waals surface area contributed by atoms with Crippen molar-refractivity contribution in [3.63, 3.8) is 0 Å². The van der Waals surface area contributed by atoms with Gasteiger partial charge in [0.05, 0.1) is 10.9 Å². The number of pyridine rings is 1. The number of nitrogens with two attached hydrogens (primary N) is 1. The van der Waals surface area contributed by atoms with Gasteiger partial charge in [0.25, 0.3) is 0 Å². The van der Waals surface area contributed by atoms with Crippen LogP contribution in [0.2, 0.25) is 0 Å². The van der Waals surface area contributed by atoms with Crippen LogP contribution >= 0.6 is 15.9 Å². The first-order valence-corrected chi connectivity index (χ1v) is 14.3. The third kappa shape index (κ3) is 4.93. The van der Waals surface area contributed by atoms with E-state index in [4.69, 9.17) is 5.73 Å². The van der Waals surface area contributed by atoms with Crippen LogP contribution in [-0.4, -0.2) is 48.3 Å². The number of carbonyl (C=O) groups excluding carboxylic acids is 2. The molecule has 0 saturated carbocycles. The molecule has 2 aromatic carbocycles. The number of anilines is 2. The monoisotopic (exact) mass is 611 g/mol. The number of halogens is 1. The number of fused-ring (bicyclic) bond motifs is 3. The molecule has 6 rings (SSSR count). The molecule has 3 N–H and O–H groups in total. The Morgan fingerprint density at radius 2 is 1.83 bits per heavy atom. The number of likely N-dealkylation sites (tertiary alicyclic amines) is 1. The molecule has 1 fully saturated rings. The average molecular weight is 613 g/mol. The lowest BCUT2D eigenvalue weighted by Gasteiger charge is -2.28. The van der Waals surface area contributed by atoms with E-state index in [-0.39, 0.29) is 24.4 Å². The maximum atomic E-state index is 14.0. The summed E-state index contributed by atoms with van der Waals surface area (Å²) in [5.41, 5.74) is 12.2. The van der Waals surface area contributed by atoms with Crippen LogP contribution in [-0.2, 0) is 16.1 Å². The van der Waals surface area contributed by atoms with Crippen molar-refractivity contribution >= 4 is 61.3 Å². The first-order valence-electron chi connectivity index (χ1n) is 13.6. The molecule has 2 amide bonds. The van der Waals surface area contributed by atoms with E-state index in [1.807, 2.05) is 18.4 Å². The molecule has 0 bridgehead atoms. The van der Waals surface area contributed by atoms with E-state index in [0.29, 0.717) is 28.3 Å². The molecule has 3 aromatic heterocycles. The number of carbonyl (C=O) groups is 2. The van der Waals surface area contributed by atoms with Crippen molar-refractivity contribution in [2.75, 3.05) is 11.1 Å². The standard InChI is InChI=1S/C31H30BrN7O2/c1-17-7-10-20(11-8-17)21-13-18(2)28-22(14-21)27-29(33)34-16-35-30(27)38(28)15-26(40)39-19(3)9-12-23(39)31(41)37-25-6-4-5-24(32)36-25/h4-8,10-11,13-14,16,19,23H,9,12,15H2,1-3H3,(H2,33,34,35)(H,36,37,41)/t19-,23+/m1/s1. The fraction of sp³-hybridized carbons (Fsp3) is 0.258. The van der Waals surface area contributed by atoms with E-state index < -0.39 is 6.04 Å². The first kappa shape index (κ1) is 26.9. The van der Waals surface area contributed by atoms with Gasteiger partial charge in [-0.2, -0.15) is 0 Å². The van der Waals surface area contributed by atoms with E-state index in [2.05, 4.69) is 79.5 Å². The van der Waals surface area contributed by atoms with Crippen LogP contribution in [0.4, 0.5) is 11.6 Å². The zero-order valence-corrected chi connectivity index (χ0v) is 24.6. The van der Waals surface area contributed by atoms with Gasteiger partial charge >= 0.3 is 0 Å². The largest absolute Gasteiger partial charge is 0.383 e. The Balaban J connectivity index is 1.38. The minimum absolute atomic E-state index is 0.0183. The Bertz CT molecular complexity index is 1820. The quantitative estimate of drug-likeness (QED) is 0.249. The first-order chi connectivity index (χ1) is 19.7. The number of nitrogen functional groups attached to an aromatic ring is 1. The highest BCUT2D eigenvalue weighted by Crippen LogP contribution is 2.37. The molecule has 41 heavy (non-hydrogen) atoms. The van der Waals surface area contributed by atoms with Crippen molar-refractivity contribution in [2.45, 2.75) is 52.2 Å². The van der Waals surface area contributed by atoms with Gasteiger partial charge in [0.15, 0.2) is 0 Å². The van der Waals surface area contributed by atoms with E-state index in [1.165, 1.54) is 11.9 Å². The molecule has 2 atom stereocenters. The van der Waals surface area contributed by atoms with Crippen molar-refractivity contribution in [1.82, 2.24) is 24.4 Å². The summed E-state index contributed by atoms with van der Waals surface area (Å²) in [5.74, 6) is 0.391. The molecule has 0 aliphatic carbocycles. The SMILES string of the molecule is Cc1ccc(-c2cc(C)c3c(c2)c2c(N)ncnc2n3CC(=O)N2[C@H](C)CC[C@H]2C(=O)Nc2cccc(Br)n2)cc1. The van der Waals surface area contributed by atoms with Gasteiger partial charge in [-0.1, -0.05) is 35.9 Å². The van der Waals surface area contributed by atoms with Gasteiger partial charge in [-0.25, -0.2) is 15.0 Å². The average Bonchev–Trinajstić information content (AvgIpc) is 3.48. The number of nitrogens with one attached hydrogen (secondary N) is 1. The summed E-state index contributed by atoms with van der Waals surface area (Å²) >= 11 is 3.34. The molecular formula is C31H30BrN7O2. The zero-order chi connectivity index (χ0) is 28.8. The second-order valence-corrected chi connectivity index (χ2v) is 11.5. The highest BCUT2D eigenvalue weighted by molar-refractivity contribution is 9.10. The van der Waals surface area contributed by atoms with Gasteiger partial charge in [-0.3, -0.25) is 9.59 Å². The fourth-order valence-corrected chi connectivity index (χ4v) is 6.26. The highest BCUT2D eigenvalue weighted by Gasteiger charge is 2.39. The summed E-state index contributed by atoms with van der Waals surface area (Å²) < 4.78 is 2.53. The fourth-order valence-electron chi connectivity index (χ4n) is 5.92. The molecule has 4 heterocycles. The van der Waals surface area contributed by atoms with Crippen LogP contribution in [0.1, 0.15) is 30.9 Å². The molecule has 208 valence electrons. The number of aromatic nitrogens is 4. The second-order valence-electron chi connectivity index (χ2n) is 10.7. The summed E-state index contributed by atoms with van der Waals surface area (Å²) in [5, 5.41) is 4.49. The van der Waals surface area contributed by atoms with Gasteiger partial charge < -0.3 is 20.5 Å². The number of hydrogen-bond donors (Lipinski definition) is 2. The minimum Gasteiger partial charge on any atom is -0.383 e. The third-order valence-corrected chi connectivity index (χ3v) is 8.30. The molecule has 1 aliphatic heterocycles. The molecule has 5 aromatic rings. The van der Waals surface area contributed by atoms with Crippen LogP contribution < -0.4 is 11.1 Å². The number of amides is 2. The number of hydrogen-bond acceptors (Lipinski definition) is 6. The number of aryl methyl sites for hydroxylation is 2. The third-order valence-electron chi connectivity index (χ3n) is 7.86. The Morgan fingerprint density at radius 3 is 2.59 bits per heavy atom. The molecule has 10 heteroatoms. The van der Waals surface area contributed by atoms with Crippen molar-refractivity contribution in [1.29, 1.82) is 0 Å². The predicted molar refractivity (Wildman–Crippen MR) is 164 cm³/mol. The van der Waals surface area contributed by atoms with Crippen LogP contribution in [0.25, 0.3) is 33.1 Å². The van der Waals surface area contributed by atoms with Crippen LogP contribution in [0.15, 0.2) is 65.5 Å². The van der Waals surface area contributed by atoms with Crippen molar-refractivity contribution in [3.05, 3.63) is 76.7 Å². The Labute approximate surface area is 245 Å². The Kier molecular flexibility index (Phi) is 6.94. The maximum Gasteiger partial charge on any atom is 0.248 e.